The van der Waals surface area contributed by atoms with Crippen molar-refractivity contribution in [2.75, 3.05) is 13.7 Å². The smallest absolute Gasteiger partial charge is 0.0837 e. The Morgan fingerprint density at radius 3 is 2.80 bits per heavy atom. The molecule has 1 aromatic heterocycles. The molecule has 0 saturated carbocycles. The van der Waals surface area contributed by atoms with E-state index in [1.54, 1.807) is 18.0 Å². The number of nitrogens with two attached hydrogens (primary N) is 1. The fraction of sp³-hybridized carbons (Fsp3) is 0.308. The SMILES string of the molecule is COCCn1ncc(Cl)c1C(N)c1ccc(Br)c(Cl)c1. The molecule has 0 fully saturated rings. The van der Waals surface area contributed by atoms with Gasteiger partial charge in [-0.05, 0) is 33.6 Å². The number of aromatic nitrogens is 2. The van der Waals surface area contributed by atoms with Crippen LogP contribution in [0.5, 0.6) is 0 Å². The fourth-order valence-electron chi connectivity index (χ4n) is 1.90. The predicted molar refractivity (Wildman–Crippen MR) is 84.3 cm³/mol. The van der Waals surface area contributed by atoms with E-state index in [-0.39, 0.29) is 0 Å². The quantitative estimate of drug-likeness (QED) is 0.863. The van der Waals surface area contributed by atoms with Gasteiger partial charge in [0, 0.05) is 11.6 Å². The van der Waals surface area contributed by atoms with Crippen LogP contribution in [0.3, 0.4) is 0 Å². The third-order valence-corrected chi connectivity index (χ3v) is 4.46. The molecule has 1 aromatic carbocycles. The van der Waals surface area contributed by atoms with Crippen LogP contribution >= 0.6 is 39.1 Å². The summed E-state index contributed by atoms with van der Waals surface area (Å²) in [5.41, 5.74) is 7.92. The summed E-state index contributed by atoms with van der Waals surface area (Å²) in [6, 6.07) is 5.19. The van der Waals surface area contributed by atoms with Gasteiger partial charge in [0.15, 0.2) is 0 Å². The van der Waals surface area contributed by atoms with Gasteiger partial charge in [-0.3, -0.25) is 4.68 Å². The Balaban J connectivity index is 2.34. The van der Waals surface area contributed by atoms with Gasteiger partial charge in [-0.1, -0.05) is 29.3 Å². The van der Waals surface area contributed by atoms with Crippen LogP contribution < -0.4 is 5.73 Å². The van der Waals surface area contributed by atoms with Crippen molar-refractivity contribution in [2.45, 2.75) is 12.6 Å². The van der Waals surface area contributed by atoms with E-state index in [2.05, 4.69) is 21.0 Å². The Labute approximate surface area is 135 Å². The molecule has 2 N–H and O–H groups in total. The molecular formula is C13H14BrCl2N3O. The Hall–Kier alpha value is -0.590. The van der Waals surface area contributed by atoms with Crippen molar-refractivity contribution in [1.82, 2.24) is 9.78 Å². The highest BCUT2D eigenvalue weighted by Gasteiger charge is 2.19. The van der Waals surface area contributed by atoms with Gasteiger partial charge in [0.05, 0.1) is 41.1 Å². The minimum absolute atomic E-state index is 0.396. The van der Waals surface area contributed by atoms with Crippen molar-refractivity contribution in [3.8, 4) is 0 Å². The maximum Gasteiger partial charge on any atom is 0.0837 e. The maximum absolute atomic E-state index is 6.29. The molecule has 4 nitrogen and oxygen atoms in total. The first-order valence-electron chi connectivity index (χ1n) is 5.95. The second-order valence-corrected chi connectivity index (χ2v) is 5.91. The molecule has 1 heterocycles. The summed E-state index contributed by atoms with van der Waals surface area (Å²) in [5.74, 6) is 0. The number of benzene rings is 1. The Morgan fingerprint density at radius 2 is 2.15 bits per heavy atom. The molecule has 0 aliphatic carbocycles. The molecule has 2 rings (SSSR count). The highest BCUT2D eigenvalue weighted by Crippen LogP contribution is 2.30. The average Bonchev–Trinajstić information content (AvgIpc) is 2.80. The Kier molecular flexibility index (Phi) is 5.46. The maximum atomic E-state index is 6.29. The van der Waals surface area contributed by atoms with Crippen LogP contribution in [-0.2, 0) is 11.3 Å². The summed E-state index contributed by atoms with van der Waals surface area (Å²) in [4.78, 5) is 0. The van der Waals surface area contributed by atoms with Gasteiger partial charge >= 0.3 is 0 Å². The molecule has 0 aliphatic rings. The third kappa shape index (κ3) is 3.35. The number of halogens is 3. The fourth-order valence-corrected chi connectivity index (χ4v) is 2.60. The van der Waals surface area contributed by atoms with Crippen LogP contribution in [0.15, 0.2) is 28.9 Å². The van der Waals surface area contributed by atoms with Crippen molar-refractivity contribution in [1.29, 1.82) is 0 Å². The minimum atomic E-state index is -0.396. The zero-order chi connectivity index (χ0) is 14.7. The van der Waals surface area contributed by atoms with E-state index in [1.807, 2.05) is 18.2 Å². The van der Waals surface area contributed by atoms with Crippen molar-refractivity contribution in [2.24, 2.45) is 5.73 Å². The molecule has 2 aromatic rings. The normalized spacial score (nSPS) is 12.7. The Morgan fingerprint density at radius 1 is 1.40 bits per heavy atom. The first-order chi connectivity index (χ1) is 9.54. The number of nitrogens with zero attached hydrogens (tertiary/aromatic N) is 2. The lowest BCUT2D eigenvalue weighted by molar-refractivity contribution is 0.182. The van der Waals surface area contributed by atoms with E-state index >= 15 is 0 Å². The van der Waals surface area contributed by atoms with Crippen molar-refractivity contribution < 1.29 is 4.74 Å². The highest BCUT2D eigenvalue weighted by atomic mass is 79.9. The molecule has 0 aliphatic heterocycles. The van der Waals surface area contributed by atoms with Gasteiger partial charge in [0.2, 0.25) is 0 Å². The minimum Gasteiger partial charge on any atom is -0.383 e. The first kappa shape index (κ1) is 15.8. The second-order valence-electron chi connectivity index (χ2n) is 4.24. The van der Waals surface area contributed by atoms with E-state index in [0.717, 1.165) is 15.7 Å². The molecule has 20 heavy (non-hydrogen) atoms. The largest absolute Gasteiger partial charge is 0.383 e. The standard InChI is InChI=1S/C13H14BrCl2N3O/c1-20-5-4-19-13(11(16)7-18-19)12(17)8-2-3-9(14)10(15)6-8/h2-3,6-7,12H,4-5,17H2,1H3. The average molecular weight is 379 g/mol. The molecule has 0 bridgehead atoms. The molecule has 0 spiro atoms. The van der Waals surface area contributed by atoms with E-state index < -0.39 is 6.04 Å². The summed E-state index contributed by atoms with van der Waals surface area (Å²) < 4.78 is 7.64. The van der Waals surface area contributed by atoms with Crippen LogP contribution in [0.1, 0.15) is 17.3 Å². The van der Waals surface area contributed by atoms with E-state index in [4.69, 9.17) is 33.7 Å². The molecule has 1 atom stereocenters. The molecule has 0 radical (unpaired) electrons. The lowest BCUT2D eigenvalue weighted by Gasteiger charge is -2.16. The van der Waals surface area contributed by atoms with Gasteiger partial charge in [-0.15, -0.1) is 0 Å². The zero-order valence-corrected chi connectivity index (χ0v) is 13.9. The third-order valence-electron chi connectivity index (χ3n) is 2.94. The highest BCUT2D eigenvalue weighted by molar-refractivity contribution is 9.10. The van der Waals surface area contributed by atoms with Crippen LogP contribution in [-0.4, -0.2) is 23.5 Å². The molecular weight excluding hydrogens is 365 g/mol. The predicted octanol–water partition coefficient (Wildman–Crippen LogP) is 3.65. The monoisotopic (exact) mass is 377 g/mol. The summed E-state index contributed by atoms with van der Waals surface area (Å²) >= 11 is 15.7. The van der Waals surface area contributed by atoms with E-state index in [0.29, 0.717) is 23.2 Å². The van der Waals surface area contributed by atoms with Gasteiger partial charge < -0.3 is 10.5 Å². The molecule has 0 amide bonds. The summed E-state index contributed by atoms with van der Waals surface area (Å²) in [6.45, 7) is 1.13. The number of rotatable bonds is 5. The lowest BCUT2D eigenvalue weighted by Crippen LogP contribution is -2.19. The van der Waals surface area contributed by atoms with Crippen LogP contribution in [0.2, 0.25) is 10.0 Å². The Bertz CT molecular complexity index is 603. The topological polar surface area (TPSA) is 53.1 Å². The van der Waals surface area contributed by atoms with Gasteiger partial charge in [-0.2, -0.15) is 5.10 Å². The first-order valence-corrected chi connectivity index (χ1v) is 7.50. The molecule has 7 heteroatoms. The van der Waals surface area contributed by atoms with Crippen LogP contribution in [0, 0.1) is 0 Å². The van der Waals surface area contributed by atoms with Gasteiger partial charge in [0.1, 0.15) is 0 Å². The van der Waals surface area contributed by atoms with Gasteiger partial charge in [-0.25, -0.2) is 0 Å². The van der Waals surface area contributed by atoms with E-state index in [9.17, 15) is 0 Å². The van der Waals surface area contributed by atoms with Crippen molar-refractivity contribution in [3.05, 3.63) is 50.2 Å². The van der Waals surface area contributed by atoms with Crippen molar-refractivity contribution >= 4 is 39.1 Å². The summed E-state index contributed by atoms with van der Waals surface area (Å²) in [7, 11) is 1.64. The second kappa shape index (κ2) is 6.91. The molecule has 1 unspecified atom stereocenters. The van der Waals surface area contributed by atoms with Gasteiger partial charge in [0.25, 0.3) is 0 Å². The number of ether oxygens (including phenoxy) is 1. The van der Waals surface area contributed by atoms with Crippen LogP contribution in [0.25, 0.3) is 0 Å². The molecule has 0 saturated heterocycles. The summed E-state index contributed by atoms with van der Waals surface area (Å²) in [5, 5.41) is 5.37. The number of hydrogen-bond acceptors (Lipinski definition) is 3. The number of hydrogen-bond donors (Lipinski definition) is 1. The van der Waals surface area contributed by atoms with E-state index in [1.165, 1.54) is 0 Å². The summed E-state index contributed by atoms with van der Waals surface area (Å²) in [6.07, 6.45) is 1.59. The van der Waals surface area contributed by atoms with Crippen molar-refractivity contribution in [3.63, 3.8) is 0 Å². The zero-order valence-electron chi connectivity index (χ0n) is 10.8. The number of methoxy groups -OCH3 is 1. The lowest BCUT2D eigenvalue weighted by atomic mass is 10.0. The molecule has 108 valence electrons. The van der Waals surface area contributed by atoms with Crippen LogP contribution in [0.4, 0.5) is 0 Å².